The van der Waals surface area contributed by atoms with Crippen LogP contribution >= 0.6 is 0 Å². The SMILES string of the molecule is CC(C)NCc1cccc(F)c1OCC(O)CO. The molecule has 0 fully saturated rings. The van der Waals surface area contributed by atoms with E-state index in [0.29, 0.717) is 12.1 Å². The molecule has 102 valence electrons. The number of para-hydroxylation sites is 1. The lowest BCUT2D eigenvalue weighted by atomic mass is 10.2. The van der Waals surface area contributed by atoms with Crippen molar-refractivity contribution in [3.63, 3.8) is 0 Å². The zero-order valence-electron chi connectivity index (χ0n) is 10.7. The molecule has 1 aromatic rings. The molecule has 1 aromatic carbocycles. The monoisotopic (exact) mass is 257 g/mol. The Kier molecular flexibility index (Phi) is 6.04. The highest BCUT2D eigenvalue weighted by Crippen LogP contribution is 2.22. The number of rotatable bonds is 7. The van der Waals surface area contributed by atoms with Crippen molar-refractivity contribution < 1.29 is 19.3 Å². The first-order valence-corrected chi connectivity index (χ1v) is 5.97. The van der Waals surface area contributed by atoms with Crippen LogP contribution in [0.15, 0.2) is 18.2 Å². The van der Waals surface area contributed by atoms with Crippen LogP contribution in [0.1, 0.15) is 19.4 Å². The number of nitrogens with one attached hydrogen (secondary N) is 1. The van der Waals surface area contributed by atoms with Crippen molar-refractivity contribution in [2.75, 3.05) is 13.2 Å². The molecule has 3 N–H and O–H groups in total. The Labute approximate surface area is 106 Å². The molecule has 5 heteroatoms. The third kappa shape index (κ3) is 4.60. The van der Waals surface area contributed by atoms with Gasteiger partial charge in [0.15, 0.2) is 11.6 Å². The zero-order valence-corrected chi connectivity index (χ0v) is 10.7. The number of ether oxygens (including phenoxy) is 1. The summed E-state index contributed by atoms with van der Waals surface area (Å²) in [7, 11) is 0. The Bertz CT molecular complexity index is 371. The molecule has 0 aliphatic carbocycles. The molecule has 0 heterocycles. The van der Waals surface area contributed by atoms with Crippen molar-refractivity contribution >= 4 is 0 Å². The molecule has 0 bridgehead atoms. The lowest BCUT2D eigenvalue weighted by Crippen LogP contribution is -2.24. The minimum absolute atomic E-state index is 0.123. The second kappa shape index (κ2) is 7.31. The van der Waals surface area contributed by atoms with E-state index in [-0.39, 0.29) is 18.4 Å². The molecule has 0 aliphatic rings. The Balaban J connectivity index is 2.73. The summed E-state index contributed by atoms with van der Waals surface area (Å²) >= 11 is 0. The summed E-state index contributed by atoms with van der Waals surface area (Å²) in [5.74, 6) is -0.346. The molecule has 0 radical (unpaired) electrons. The maximum atomic E-state index is 13.6. The fourth-order valence-corrected chi connectivity index (χ4v) is 1.40. The van der Waals surface area contributed by atoms with Crippen molar-refractivity contribution in [1.29, 1.82) is 0 Å². The maximum absolute atomic E-state index is 13.6. The van der Waals surface area contributed by atoms with Gasteiger partial charge in [-0.1, -0.05) is 26.0 Å². The summed E-state index contributed by atoms with van der Waals surface area (Å²) < 4.78 is 18.9. The van der Waals surface area contributed by atoms with Crippen molar-refractivity contribution in [2.45, 2.75) is 32.5 Å². The number of benzene rings is 1. The van der Waals surface area contributed by atoms with E-state index in [1.807, 2.05) is 13.8 Å². The molecule has 18 heavy (non-hydrogen) atoms. The first-order valence-electron chi connectivity index (χ1n) is 5.97. The van der Waals surface area contributed by atoms with Crippen LogP contribution in [0.25, 0.3) is 0 Å². The van der Waals surface area contributed by atoms with Crippen molar-refractivity contribution in [2.24, 2.45) is 0 Å². The lowest BCUT2D eigenvalue weighted by Gasteiger charge is -2.15. The molecule has 0 aromatic heterocycles. The fraction of sp³-hybridized carbons (Fsp3) is 0.538. The van der Waals surface area contributed by atoms with Crippen LogP contribution in [0.4, 0.5) is 4.39 Å². The van der Waals surface area contributed by atoms with Gasteiger partial charge in [-0.3, -0.25) is 0 Å². The summed E-state index contributed by atoms with van der Waals surface area (Å²) in [6.45, 7) is 3.94. The zero-order chi connectivity index (χ0) is 13.5. The predicted molar refractivity (Wildman–Crippen MR) is 67.0 cm³/mol. The Morgan fingerprint density at radius 1 is 1.39 bits per heavy atom. The molecular weight excluding hydrogens is 237 g/mol. The summed E-state index contributed by atoms with van der Waals surface area (Å²) in [6, 6.07) is 4.96. The normalized spacial score (nSPS) is 12.8. The first-order chi connectivity index (χ1) is 8.54. The number of aliphatic hydroxyl groups is 2. The van der Waals surface area contributed by atoms with Gasteiger partial charge in [0, 0.05) is 18.2 Å². The van der Waals surface area contributed by atoms with E-state index in [2.05, 4.69) is 5.32 Å². The van der Waals surface area contributed by atoms with E-state index in [9.17, 15) is 9.50 Å². The largest absolute Gasteiger partial charge is 0.487 e. The van der Waals surface area contributed by atoms with E-state index in [1.165, 1.54) is 6.07 Å². The summed E-state index contributed by atoms with van der Waals surface area (Å²) in [5.41, 5.74) is 0.689. The molecular formula is C13H20FNO3. The summed E-state index contributed by atoms with van der Waals surface area (Å²) in [4.78, 5) is 0. The highest BCUT2D eigenvalue weighted by atomic mass is 19.1. The Hall–Kier alpha value is -1.17. The summed E-state index contributed by atoms with van der Waals surface area (Å²) in [5, 5.41) is 21.1. The van der Waals surface area contributed by atoms with Gasteiger partial charge >= 0.3 is 0 Å². The minimum atomic E-state index is -1.00. The van der Waals surface area contributed by atoms with E-state index in [0.717, 1.165) is 0 Å². The van der Waals surface area contributed by atoms with Gasteiger partial charge in [-0.25, -0.2) is 4.39 Å². The van der Waals surface area contributed by atoms with E-state index in [4.69, 9.17) is 9.84 Å². The molecule has 0 amide bonds. The Morgan fingerprint density at radius 2 is 2.11 bits per heavy atom. The number of hydrogen-bond acceptors (Lipinski definition) is 4. The van der Waals surface area contributed by atoms with Crippen LogP contribution in [-0.4, -0.2) is 35.6 Å². The van der Waals surface area contributed by atoms with Gasteiger partial charge in [0.2, 0.25) is 0 Å². The molecule has 0 aliphatic heterocycles. The number of halogens is 1. The molecule has 0 saturated carbocycles. The number of hydrogen-bond donors (Lipinski definition) is 3. The maximum Gasteiger partial charge on any atom is 0.165 e. The fourth-order valence-electron chi connectivity index (χ4n) is 1.40. The molecule has 0 saturated heterocycles. The average Bonchev–Trinajstić information content (AvgIpc) is 2.34. The van der Waals surface area contributed by atoms with Gasteiger partial charge in [0.1, 0.15) is 12.7 Å². The molecule has 0 spiro atoms. The predicted octanol–water partition coefficient (Wildman–Crippen LogP) is 1.06. The van der Waals surface area contributed by atoms with Crippen LogP contribution < -0.4 is 10.1 Å². The van der Waals surface area contributed by atoms with Crippen molar-refractivity contribution in [3.8, 4) is 5.75 Å². The first kappa shape index (κ1) is 14.9. The quantitative estimate of drug-likeness (QED) is 0.683. The van der Waals surface area contributed by atoms with Crippen LogP contribution in [-0.2, 0) is 6.54 Å². The van der Waals surface area contributed by atoms with Crippen molar-refractivity contribution in [3.05, 3.63) is 29.6 Å². The van der Waals surface area contributed by atoms with Gasteiger partial charge in [-0.15, -0.1) is 0 Å². The molecule has 1 atom stereocenters. The standard InChI is InChI=1S/C13H20FNO3/c1-9(2)15-6-10-4-3-5-12(14)13(10)18-8-11(17)7-16/h3-5,9,11,15-17H,6-8H2,1-2H3. The van der Waals surface area contributed by atoms with Gasteiger partial charge < -0.3 is 20.3 Å². The number of aliphatic hydroxyl groups excluding tert-OH is 2. The average molecular weight is 257 g/mol. The smallest absolute Gasteiger partial charge is 0.165 e. The Morgan fingerprint density at radius 3 is 2.72 bits per heavy atom. The van der Waals surface area contributed by atoms with Crippen molar-refractivity contribution in [1.82, 2.24) is 5.32 Å². The van der Waals surface area contributed by atoms with Crippen LogP contribution in [0.2, 0.25) is 0 Å². The second-order valence-electron chi connectivity index (χ2n) is 4.41. The van der Waals surface area contributed by atoms with Gasteiger partial charge in [-0.05, 0) is 6.07 Å². The van der Waals surface area contributed by atoms with Crippen LogP contribution in [0, 0.1) is 5.82 Å². The van der Waals surface area contributed by atoms with Crippen LogP contribution in [0.3, 0.4) is 0 Å². The minimum Gasteiger partial charge on any atom is -0.487 e. The highest BCUT2D eigenvalue weighted by Gasteiger charge is 2.12. The van der Waals surface area contributed by atoms with E-state index >= 15 is 0 Å². The molecule has 4 nitrogen and oxygen atoms in total. The van der Waals surface area contributed by atoms with Crippen LogP contribution in [0.5, 0.6) is 5.75 Å². The third-order valence-electron chi connectivity index (χ3n) is 2.38. The summed E-state index contributed by atoms with van der Waals surface area (Å²) in [6.07, 6.45) is -1.00. The van der Waals surface area contributed by atoms with Gasteiger partial charge in [0.25, 0.3) is 0 Å². The lowest BCUT2D eigenvalue weighted by molar-refractivity contribution is 0.0519. The highest BCUT2D eigenvalue weighted by molar-refractivity contribution is 5.35. The van der Waals surface area contributed by atoms with Gasteiger partial charge in [0.05, 0.1) is 6.61 Å². The topological polar surface area (TPSA) is 61.7 Å². The van der Waals surface area contributed by atoms with E-state index < -0.39 is 18.5 Å². The molecule has 1 unspecified atom stereocenters. The third-order valence-corrected chi connectivity index (χ3v) is 2.38. The van der Waals surface area contributed by atoms with Gasteiger partial charge in [-0.2, -0.15) is 0 Å². The second-order valence-corrected chi connectivity index (χ2v) is 4.41. The molecule has 1 rings (SSSR count). The van der Waals surface area contributed by atoms with E-state index in [1.54, 1.807) is 12.1 Å².